The van der Waals surface area contributed by atoms with E-state index < -0.39 is 11.7 Å². The van der Waals surface area contributed by atoms with Gasteiger partial charge in [-0.2, -0.15) is 13.2 Å². The zero-order valence-electron chi connectivity index (χ0n) is 10.8. The van der Waals surface area contributed by atoms with E-state index in [-0.39, 0.29) is 17.9 Å². The van der Waals surface area contributed by atoms with E-state index in [4.69, 9.17) is 0 Å². The highest BCUT2D eigenvalue weighted by molar-refractivity contribution is 5.81. The zero-order chi connectivity index (χ0) is 14.2. The van der Waals surface area contributed by atoms with E-state index >= 15 is 0 Å². The molecule has 0 heterocycles. The molecule has 1 aromatic carbocycles. The van der Waals surface area contributed by atoms with Crippen LogP contribution in [0.5, 0.6) is 0 Å². The summed E-state index contributed by atoms with van der Waals surface area (Å²) in [6.45, 7) is 3.78. The maximum absolute atomic E-state index is 12.4. The maximum Gasteiger partial charge on any atom is 0.416 e. The molecule has 0 bridgehead atoms. The van der Waals surface area contributed by atoms with Crippen molar-refractivity contribution >= 4 is 5.91 Å². The van der Waals surface area contributed by atoms with Crippen molar-refractivity contribution in [2.45, 2.75) is 32.5 Å². The van der Waals surface area contributed by atoms with Crippen LogP contribution < -0.4 is 5.32 Å². The second-order valence-electron chi connectivity index (χ2n) is 5.17. The first kappa shape index (κ1) is 13.9. The summed E-state index contributed by atoms with van der Waals surface area (Å²) in [4.78, 5) is 11.7. The molecular weight excluding hydrogens is 255 g/mol. The van der Waals surface area contributed by atoms with Gasteiger partial charge in [0, 0.05) is 5.92 Å². The molecule has 0 saturated heterocycles. The molecule has 19 heavy (non-hydrogen) atoms. The number of hydrogen-bond acceptors (Lipinski definition) is 1. The van der Waals surface area contributed by atoms with Crippen LogP contribution >= 0.6 is 0 Å². The fourth-order valence-corrected chi connectivity index (χ4v) is 2.05. The number of alkyl halides is 3. The van der Waals surface area contributed by atoms with Crippen LogP contribution in [0.4, 0.5) is 13.2 Å². The van der Waals surface area contributed by atoms with E-state index in [1.807, 2.05) is 6.92 Å². The average Bonchev–Trinajstić information content (AvgIpc) is 3.05. The number of rotatable bonds is 3. The quantitative estimate of drug-likeness (QED) is 0.895. The van der Waals surface area contributed by atoms with Gasteiger partial charge in [-0.3, -0.25) is 4.79 Å². The molecule has 5 heteroatoms. The van der Waals surface area contributed by atoms with Gasteiger partial charge >= 0.3 is 6.18 Å². The summed E-state index contributed by atoms with van der Waals surface area (Å²) in [7, 11) is 0. The molecule has 1 saturated carbocycles. The summed E-state index contributed by atoms with van der Waals surface area (Å²) in [5, 5.41) is 2.83. The lowest BCUT2D eigenvalue weighted by molar-refractivity contribution is -0.137. The monoisotopic (exact) mass is 271 g/mol. The van der Waals surface area contributed by atoms with Crippen LogP contribution in [0, 0.1) is 11.8 Å². The van der Waals surface area contributed by atoms with E-state index in [0.29, 0.717) is 11.5 Å². The zero-order valence-corrected chi connectivity index (χ0v) is 10.8. The molecule has 104 valence electrons. The van der Waals surface area contributed by atoms with Crippen molar-refractivity contribution in [1.82, 2.24) is 5.32 Å². The van der Waals surface area contributed by atoms with E-state index in [1.165, 1.54) is 12.1 Å². The molecule has 1 amide bonds. The van der Waals surface area contributed by atoms with Crippen molar-refractivity contribution in [3.05, 3.63) is 35.4 Å². The van der Waals surface area contributed by atoms with Gasteiger partial charge < -0.3 is 5.32 Å². The average molecular weight is 271 g/mol. The Bertz CT molecular complexity index is 467. The van der Waals surface area contributed by atoms with Crippen LogP contribution in [-0.4, -0.2) is 5.91 Å². The molecule has 0 radical (unpaired) electrons. The molecule has 1 N–H and O–H groups in total. The third-order valence-corrected chi connectivity index (χ3v) is 3.54. The molecule has 2 rings (SSSR count). The number of carbonyl (C=O) groups excluding carboxylic acids is 1. The number of hydrogen-bond donors (Lipinski definition) is 1. The Morgan fingerprint density at radius 1 is 1.32 bits per heavy atom. The Labute approximate surface area is 110 Å². The van der Waals surface area contributed by atoms with E-state index in [0.717, 1.165) is 18.6 Å². The van der Waals surface area contributed by atoms with Crippen molar-refractivity contribution in [2.24, 2.45) is 11.8 Å². The van der Waals surface area contributed by atoms with Crippen molar-refractivity contribution in [1.29, 1.82) is 0 Å². The third kappa shape index (κ3) is 3.28. The summed E-state index contributed by atoms with van der Waals surface area (Å²) in [6, 6.07) is 4.62. The number of halogens is 3. The molecule has 1 aromatic rings. The van der Waals surface area contributed by atoms with Gasteiger partial charge in [-0.15, -0.1) is 0 Å². The summed E-state index contributed by atoms with van der Waals surface area (Å²) in [5.41, 5.74) is 0.000227. The molecule has 3 atom stereocenters. The standard InChI is InChI=1S/C14H16F3NO/c1-8-7-12(8)13(19)18-9(2)10-3-5-11(6-4-10)14(15,16)17/h3-6,8-9,12H,7H2,1-2H3,(H,18,19)/t8-,9+,12+/m1/s1. The smallest absolute Gasteiger partial charge is 0.349 e. The van der Waals surface area contributed by atoms with Gasteiger partial charge in [0.1, 0.15) is 0 Å². The van der Waals surface area contributed by atoms with Gasteiger partial charge in [-0.25, -0.2) is 0 Å². The lowest BCUT2D eigenvalue weighted by atomic mass is 10.1. The SMILES string of the molecule is C[C@H](NC(=O)[C@H]1C[C@H]1C)c1ccc(C(F)(F)F)cc1. The first-order chi connectivity index (χ1) is 8.79. The van der Waals surface area contributed by atoms with Gasteiger partial charge in [0.2, 0.25) is 5.91 Å². The van der Waals surface area contributed by atoms with Gasteiger partial charge in [0.25, 0.3) is 0 Å². The van der Waals surface area contributed by atoms with Crippen LogP contribution in [0.25, 0.3) is 0 Å². The topological polar surface area (TPSA) is 29.1 Å². The molecule has 0 aromatic heterocycles. The molecule has 1 aliphatic rings. The number of carbonyl (C=O) groups is 1. The van der Waals surface area contributed by atoms with Crippen molar-refractivity contribution in [3.63, 3.8) is 0 Å². The van der Waals surface area contributed by atoms with Crippen molar-refractivity contribution in [3.8, 4) is 0 Å². The Morgan fingerprint density at radius 3 is 2.26 bits per heavy atom. The normalized spacial score (nSPS) is 23.8. The highest BCUT2D eigenvalue weighted by atomic mass is 19.4. The maximum atomic E-state index is 12.4. The lowest BCUT2D eigenvalue weighted by Crippen LogP contribution is -2.28. The molecule has 1 fully saturated rings. The molecule has 0 unspecified atom stereocenters. The van der Waals surface area contributed by atoms with Gasteiger partial charge in [0.05, 0.1) is 11.6 Å². The molecule has 2 nitrogen and oxygen atoms in total. The van der Waals surface area contributed by atoms with Crippen LogP contribution in [0.3, 0.4) is 0 Å². The Hall–Kier alpha value is -1.52. The summed E-state index contributed by atoms with van der Waals surface area (Å²) >= 11 is 0. The number of amides is 1. The molecule has 0 aliphatic heterocycles. The minimum atomic E-state index is -4.32. The number of nitrogens with one attached hydrogen (secondary N) is 1. The second-order valence-corrected chi connectivity index (χ2v) is 5.17. The van der Waals surface area contributed by atoms with Gasteiger partial charge in [0.15, 0.2) is 0 Å². The lowest BCUT2D eigenvalue weighted by Gasteiger charge is -2.15. The minimum absolute atomic E-state index is 0.0140. The predicted molar refractivity (Wildman–Crippen MR) is 65.3 cm³/mol. The Morgan fingerprint density at radius 2 is 1.84 bits per heavy atom. The molecule has 1 aliphatic carbocycles. The fourth-order valence-electron chi connectivity index (χ4n) is 2.05. The van der Waals surface area contributed by atoms with Crippen LogP contribution in [0.15, 0.2) is 24.3 Å². The van der Waals surface area contributed by atoms with E-state index in [1.54, 1.807) is 6.92 Å². The molecule has 0 spiro atoms. The highest BCUT2D eigenvalue weighted by Gasteiger charge is 2.39. The fraction of sp³-hybridized carbons (Fsp3) is 0.500. The summed E-state index contributed by atoms with van der Waals surface area (Å²) in [5.74, 6) is 0.469. The molecular formula is C14H16F3NO. The largest absolute Gasteiger partial charge is 0.416 e. The minimum Gasteiger partial charge on any atom is -0.349 e. The highest BCUT2D eigenvalue weighted by Crippen LogP contribution is 2.38. The summed E-state index contributed by atoms with van der Waals surface area (Å²) < 4.78 is 37.3. The van der Waals surface area contributed by atoms with Crippen LogP contribution in [0.1, 0.15) is 37.4 Å². The van der Waals surface area contributed by atoms with E-state index in [9.17, 15) is 18.0 Å². The van der Waals surface area contributed by atoms with Crippen molar-refractivity contribution in [2.75, 3.05) is 0 Å². The van der Waals surface area contributed by atoms with Crippen LogP contribution in [0.2, 0.25) is 0 Å². The first-order valence-electron chi connectivity index (χ1n) is 6.26. The van der Waals surface area contributed by atoms with Crippen LogP contribution in [-0.2, 0) is 11.0 Å². The first-order valence-corrected chi connectivity index (χ1v) is 6.26. The Kier molecular flexibility index (Phi) is 3.56. The third-order valence-electron chi connectivity index (χ3n) is 3.54. The van der Waals surface area contributed by atoms with Gasteiger partial charge in [-0.1, -0.05) is 19.1 Å². The predicted octanol–water partition coefficient (Wildman–Crippen LogP) is 3.54. The second kappa shape index (κ2) is 4.87. The van der Waals surface area contributed by atoms with Crippen molar-refractivity contribution < 1.29 is 18.0 Å². The number of benzene rings is 1. The summed E-state index contributed by atoms with van der Waals surface area (Å²) in [6.07, 6.45) is -3.43. The van der Waals surface area contributed by atoms with E-state index in [2.05, 4.69) is 5.32 Å². The van der Waals surface area contributed by atoms with Gasteiger partial charge in [-0.05, 0) is 37.0 Å². The Balaban J connectivity index is 1.99.